The van der Waals surface area contributed by atoms with Gasteiger partial charge in [0, 0.05) is 25.7 Å². The fraction of sp³-hybridized carbons (Fsp3) is 0.316. The molecule has 1 atom stereocenters. The first kappa shape index (κ1) is 17.0. The number of carbonyl (C=O) groups excluding carboxylic acids is 1. The van der Waals surface area contributed by atoms with Crippen LogP contribution in [-0.4, -0.2) is 23.7 Å². The monoisotopic (exact) mass is 313 g/mol. The van der Waals surface area contributed by atoms with Crippen molar-refractivity contribution >= 4 is 11.7 Å². The molecule has 0 heterocycles. The van der Waals surface area contributed by atoms with Gasteiger partial charge in [-0.2, -0.15) is 0 Å². The van der Waals surface area contributed by atoms with Crippen molar-refractivity contribution in [1.29, 1.82) is 0 Å². The number of esters is 1. The second kappa shape index (κ2) is 8.34. The molecule has 2 aromatic rings. The van der Waals surface area contributed by atoms with Crippen molar-refractivity contribution in [3.05, 3.63) is 60.2 Å². The Kier molecular flexibility index (Phi) is 6.18. The number of aliphatic hydroxyl groups is 1. The molecule has 2 aromatic carbocycles. The lowest BCUT2D eigenvalue weighted by atomic mass is 10.1. The lowest BCUT2D eigenvalue weighted by Crippen LogP contribution is -2.31. The number of aliphatic hydroxyl groups excluding tert-OH is 1. The molecule has 0 aromatic heterocycles. The molecule has 122 valence electrons. The Morgan fingerprint density at radius 2 is 1.78 bits per heavy atom. The highest BCUT2D eigenvalue weighted by Crippen LogP contribution is 2.19. The van der Waals surface area contributed by atoms with E-state index >= 15 is 0 Å². The fourth-order valence-electron chi connectivity index (χ4n) is 2.33. The van der Waals surface area contributed by atoms with Crippen LogP contribution < -0.4 is 9.64 Å². The molecule has 0 aliphatic carbocycles. The van der Waals surface area contributed by atoms with Gasteiger partial charge >= 0.3 is 5.97 Å². The summed E-state index contributed by atoms with van der Waals surface area (Å²) in [5, 5.41) is 10.0. The predicted octanol–water partition coefficient (Wildman–Crippen LogP) is 3.39. The average Bonchev–Trinajstić information content (AvgIpc) is 2.56. The van der Waals surface area contributed by atoms with Crippen LogP contribution in [0, 0.1) is 0 Å². The Morgan fingerprint density at radius 1 is 1.13 bits per heavy atom. The van der Waals surface area contributed by atoms with Crippen molar-refractivity contribution in [2.75, 3.05) is 11.4 Å². The third-order valence-electron chi connectivity index (χ3n) is 3.58. The van der Waals surface area contributed by atoms with Gasteiger partial charge in [0.15, 0.2) is 0 Å². The first-order valence-corrected chi connectivity index (χ1v) is 7.84. The van der Waals surface area contributed by atoms with Gasteiger partial charge in [0.2, 0.25) is 0 Å². The van der Waals surface area contributed by atoms with Crippen LogP contribution >= 0.6 is 0 Å². The quantitative estimate of drug-likeness (QED) is 0.629. The average molecular weight is 313 g/mol. The molecular weight excluding hydrogens is 290 g/mol. The molecule has 0 aliphatic heterocycles. The zero-order valence-corrected chi connectivity index (χ0v) is 13.6. The van der Waals surface area contributed by atoms with Gasteiger partial charge in [-0.3, -0.25) is 4.79 Å². The maximum atomic E-state index is 11.0. The summed E-state index contributed by atoms with van der Waals surface area (Å²) in [6, 6.07) is 17.5. The highest BCUT2D eigenvalue weighted by Gasteiger charge is 2.12. The molecular formula is C19H23NO3. The minimum atomic E-state index is -0.365. The van der Waals surface area contributed by atoms with E-state index < -0.39 is 0 Å². The Bertz CT molecular complexity index is 610. The van der Waals surface area contributed by atoms with E-state index in [0.717, 1.165) is 11.3 Å². The maximum absolute atomic E-state index is 11.0. The van der Waals surface area contributed by atoms with Crippen molar-refractivity contribution in [3.8, 4) is 5.75 Å². The zero-order chi connectivity index (χ0) is 16.7. The van der Waals surface area contributed by atoms with E-state index in [1.807, 2.05) is 49.4 Å². The van der Waals surface area contributed by atoms with Gasteiger partial charge in [-0.1, -0.05) is 37.3 Å². The molecule has 0 saturated heterocycles. The zero-order valence-electron chi connectivity index (χ0n) is 13.6. The third kappa shape index (κ3) is 5.42. The second-order valence-electron chi connectivity index (χ2n) is 5.52. The van der Waals surface area contributed by atoms with E-state index in [-0.39, 0.29) is 12.1 Å². The molecule has 0 bridgehead atoms. The first-order valence-electron chi connectivity index (χ1n) is 7.84. The lowest BCUT2D eigenvalue weighted by molar-refractivity contribution is -0.131. The summed E-state index contributed by atoms with van der Waals surface area (Å²) in [7, 11) is 0. The van der Waals surface area contributed by atoms with Crippen LogP contribution in [0.2, 0.25) is 0 Å². The molecule has 1 unspecified atom stereocenters. The smallest absolute Gasteiger partial charge is 0.308 e. The molecule has 23 heavy (non-hydrogen) atoms. The molecule has 0 radical (unpaired) electrons. The van der Waals surface area contributed by atoms with Crippen LogP contribution in [0.4, 0.5) is 5.69 Å². The number of anilines is 1. The summed E-state index contributed by atoms with van der Waals surface area (Å²) in [5.74, 6) is 0.218. The lowest BCUT2D eigenvalue weighted by Gasteiger charge is -2.27. The first-order chi connectivity index (χ1) is 11.1. The number of benzene rings is 2. The van der Waals surface area contributed by atoms with Crippen LogP contribution in [0.1, 0.15) is 25.8 Å². The largest absolute Gasteiger partial charge is 0.427 e. The Morgan fingerprint density at radius 3 is 2.35 bits per heavy atom. The van der Waals surface area contributed by atoms with Gasteiger partial charge < -0.3 is 14.7 Å². The molecule has 0 saturated carbocycles. The summed E-state index contributed by atoms with van der Waals surface area (Å²) in [6.07, 6.45) is 0.352. The van der Waals surface area contributed by atoms with Gasteiger partial charge in [0.1, 0.15) is 5.75 Å². The highest BCUT2D eigenvalue weighted by molar-refractivity contribution is 5.69. The molecule has 0 aliphatic rings. The van der Waals surface area contributed by atoms with Gasteiger partial charge in [0.25, 0.3) is 0 Å². The summed E-state index contributed by atoms with van der Waals surface area (Å²) in [5.41, 5.74) is 2.16. The fourth-order valence-corrected chi connectivity index (χ4v) is 2.33. The molecule has 0 fully saturated rings. The number of carbonyl (C=O) groups is 1. The molecule has 4 heteroatoms. The van der Waals surface area contributed by atoms with E-state index in [9.17, 15) is 9.90 Å². The van der Waals surface area contributed by atoms with E-state index in [1.54, 1.807) is 12.1 Å². The van der Waals surface area contributed by atoms with Gasteiger partial charge in [0.05, 0.1) is 6.10 Å². The SMILES string of the molecule is CCC(O)CN(Cc1ccc(OC(C)=O)cc1)c1ccccc1. The second-order valence-corrected chi connectivity index (χ2v) is 5.52. The van der Waals surface area contributed by atoms with Crippen molar-refractivity contribution in [1.82, 2.24) is 0 Å². The van der Waals surface area contributed by atoms with E-state index in [1.165, 1.54) is 6.92 Å². The van der Waals surface area contributed by atoms with Crippen molar-refractivity contribution < 1.29 is 14.6 Å². The number of para-hydroxylation sites is 1. The molecule has 1 N–H and O–H groups in total. The number of hydrogen-bond acceptors (Lipinski definition) is 4. The standard InChI is InChI=1S/C19H23NO3/c1-3-18(22)14-20(17-7-5-4-6-8-17)13-16-9-11-19(12-10-16)23-15(2)21/h4-12,18,22H,3,13-14H2,1-2H3. The van der Waals surface area contributed by atoms with Crippen LogP contribution in [-0.2, 0) is 11.3 Å². The van der Waals surface area contributed by atoms with Crippen molar-refractivity contribution in [2.45, 2.75) is 32.9 Å². The molecule has 4 nitrogen and oxygen atoms in total. The Hall–Kier alpha value is -2.33. The third-order valence-corrected chi connectivity index (χ3v) is 3.58. The predicted molar refractivity (Wildman–Crippen MR) is 91.5 cm³/mol. The van der Waals surface area contributed by atoms with E-state index in [4.69, 9.17) is 4.74 Å². The summed E-state index contributed by atoms with van der Waals surface area (Å²) < 4.78 is 5.05. The van der Waals surface area contributed by atoms with E-state index in [0.29, 0.717) is 25.3 Å². The normalized spacial score (nSPS) is 11.8. The Labute approximate surface area is 137 Å². The van der Waals surface area contributed by atoms with Crippen molar-refractivity contribution in [2.24, 2.45) is 0 Å². The van der Waals surface area contributed by atoms with Crippen LogP contribution in [0.25, 0.3) is 0 Å². The molecule has 0 spiro atoms. The Balaban J connectivity index is 2.12. The van der Waals surface area contributed by atoms with Gasteiger partial charge in [-0.25, -0.2) is 0 Å². The number of nitrogens with zero attached hydrogens (tertiary/aromatic N) is 1. The van der Waals surface area contributed by atoms with Gasteiger partial charge in [-0.05, 0) is 36.2 Å². The summed E-state index contributed by atoms with van der Waals surface area (Å²) >= 11 is 0. The van der Waals surface area contributed by atoms with Crippen LogP contribution in [0.3, 0.4) is 0 Å². The van der Waals surface area contributed by atoms with Crippen molar-refractivity contribution in [3.63, 3.8) is 0 Å². The number of rotatable bonds is 7. The summed E-state index contributed by atoms with van der Waals surface area (Å²) in [6.45, 7) is 4.62. The molecule has 2 rings (SSSR count). The van der Waals surface area contributed by atoms with Gasteiger partial charge in [-0.15, -0.1) is 0 Å². The minimum absolute atomic E-state index is 0.324. The molecule has 0 amide bonds. The topological polar surface area (TPSA) is 49.8 Å². The number of ether oxygens (including phenoxy) is 1. The highest BCUT2D eigenvalue weighted by atomic mass is 16.5. The maximum Gasteiger partial charge on any atom is 0.308 e. The van der Waals surface area contributed by atoms with Crippen LogP contribution in [0.5, 0.6) is 5.75 Å². The van der Waals surface area contributed by atoms with Crippen LogP contribution in [0.15, 0.2) is 54.6 Å². The summed E-state index contributed by atoms with van der Waals surface area (Å²) in [4.78, 5) is 13.1. The van der Waals surface area contributed by atoms with E-state index in [2.05, 4.69) is 4.90 Å². The number of hydrogen-bond donors (Lipinski definition) is 1. The minimum Gasteiger partial charge on any atom is -0.427 e.